The lowest BCUT2D eigenvalue weighted by molar-refractivity contribution is -0.133. The SMILES string of the molecule is O=C(NCC(=O)N1CCC[C@H]1C(O)c1ncn[nH]1)c1ccnc2ccccc12. The number of carbonyl (C=O) groups is 2. The molecule has 0 spiro atoms. The van der Waals surface area contributed by atoms with Crippen LogP contribution in [0.1, 0.15) is 35.1 Å². The van der Waals surface area contributed by atoms with Gasteiger partial charge < -0.3 is 15.3 Å². The minimum atomic E-state index is -0.936. The third-order valence-corrected chi connectivity index (χ3v) is 4.99. The number of amides is 2. The van der Waals surface area contributed by atoms with E-state index in [0.29, 0.717) is 24.4 Å². The molecule has 144 valence electrons. The van der Waals surface area contributed by atoms with Crippen LogP contribution in [-0.2, 0) is 4.79 Å². The number of aromatic amines is 1. The van der Waals surface area contributed by atoms with Gasteiger partial charge in [0.25, 0.3) is 5.91 Å². The van der Waals surface area contributed by atoms with Gasteiger partial charge in [0.1, 0.15) is 12.4 Å². The maximum absolute atomic E-state index is 12.7. The highest BCUT2D eigenvalue weighted by molar-refractivity contribution is 6.06. The van der Waals surface area contributed by atoms with E-state index in [0.717, 1.165) is 17.3 Å². The lowest BCUT2D eigenvalue weighted by Gasteiger charge is -2.27. The summed E-state index contributed by atoms with van der Waals surface area (Å²) in [6.07, 6.45) is 3.40. The van der Waals surface area contributed by atoms with Crippen molar-refractivity contribution in [3.63, 3.8) is 0 Å². The molecule has 3 aromatic rings. The van der Waals surface area contributed by atoms with E-state index in [1.807, 2.05) is 24.3 Å². The van der Waals surface area contributed by atoms with Crippen LogP contribution < -0.4 is 5.32 Å². The molecule has 3 N–H and O–H groups in total. The number of hydrogen-bond acceptors (Lipinski definition) is 6. The second kappa shape index (κ2) is 7.73. The van der Waals surface area contributed by atoms with Crippen molar-refractivity contribution in [1.82, 2.24) is 30.4 Å². The number of aliphatic hydroxyl groups is 1. The summed E-state index contributed by atoms with van der Waals surface area (Å²) in [5.41, 5.74) is 1.19. The van der Waals surface area contributed by atoms with Crippen molar-refractivity contribution < 1.29 is 14.7 Å². The summed E-state index contributed by atoms with van der Waals surface area (Å²) in [5, 5.41) is 20.3. The number of nitrogens with one attached hydrogen (secondary N) is 2. The number of fused-ring (bicyclic) bond motifs is 1. The van der Waals surface area contributed by atoms with Crippen molar-refractivity contribution in [2.75, 3.05) is 13.1 Å². The van der Waals surface area contributed by atoms with E-state index in [1.165, 1.54) is 6.33 Å². The summed E-state index contributed by atoms with van der Waals surface area (Å²) in [7, 11) is 0. The number of pyridine rings is 1. The summed E-state index contributed by atoms with van der Waals surface area (Å²) in [5.74, 6) is -0.247. The fraction of sp³-hybridized carbons (Fsp3) is 0.316. The maximum atomic E-state index is 12.7. The number of rotatable bonds is 5. The van der Waals surface area contributed by atoms with E-state index >= 15 is 0 Å². The van der Waals surface area contributed by atoms with Crippen molar-refractivity contribution in [3.8, 4) is 0 Å². The standard InChI is InChI=1S/C19H20N6O3/c26-16(25-9-3-6-15(25)17(27)18-22-11-23-24-18)10-21-19(28)13-7-8-20-14-5-2-1-4-12(13)14/h1-2,4-5,7-8,11,15,17,27H,3,6,9-10H2,(H,21,28)(H,22,23,24)/t15-,17?/m0/s1. The van der Waals surface area contributed by atoms with Crippen LogP contribution in [0.15, 0.2) is 42.9 Å². The first kappa shape index (κ1) is 18.1. The van der Waals surface area contributed by atoms with E-state index in [2.05, 4.69) is 25.5 Å². The molecule has 3 heterocycles. The minimum absolute atomic E-state index is 0.144. The van der Waals surface area contributed by atoms with Gasteiger partial charge in [0.15, 0.2) is 5.82 Å². The van der Waals surface area contributed by atoms with Gasteiger partial charge in [0.05, 0.1) is 23.7 Å². The smallest absolute Gasteiger partial charge is 0.252 e. The third kappa shape index (κ3) is 3.44. The zero-order valence-electron chi connectivity index (χ0n) is 15.1. The van der Waals surface area contributed by atoms with E-state index in [9.17, 15) is 14.7 Å². The second-order valence-corrected chi connectivity index (χ2v) is 6.67. The normalized spacial score (nSPS) is 17.6. The molecule has 28 heavy (non-hydrogen) atoms. The Morgan fingerprint density at radius 3 is 2.96 bits per heavy atom. The number of nitrogens with zero attached hydrogens (tertiary/aromatic N) is 4. The first-order chi connectivity index (χ1) is 13.6. The van der Waals surface area contributed by atoms with Crippen molar-refractivity contribution >= 4 is 22.7 Å². The van der Waals surface area contributed by atoms with E-state index in [4.69, 9.17) is 0 Å². The Morgan fingerprint density at radius 2 is 2.14 bits per heavy atom. The molecule has 0 radical (unpaired) electrons. The van der Waals surface area contributed by atoms with E-state index in [1.54, 1.807) is 17.2 Å². The topological polar surface area (TPSA) is 124 Å². The third-order valence-electron chi connectivity index (χ3n) is 4.99. The average Bonchev–Trinajstić information content (AvgIpc) is 3.43. The molecule has 1 aliphatic heterocycles. The van der Waals surface area contributed by atoms with Gasteiger partial charge in [0.2, 0.25) is 5.91 Å². The van der Waals surface area contributed by atoms with Gasteiger partial charge in [-0.3, -0.25) is 19.7 Å². The molecule has 1 aromatic carbocycles. The quantitative estimate of drug-likeness (QED) is 0.602. The minimum Gasteiger partial charge on any atom is -0.383 e. The average molecular weight is 380 g/mol. The molecule has 2 aromatic heterocycles. The van der Waals surface area contributed by atoms with Crippen molar-refractivity contribution in [3.05, 3.63) is 54.2 Å². The highest BCUT2D eigenvalue weighted by atomic mass is 16.3. The maximum Gasteiger partial charge on any atom is 0.252 e. The molecule has 1 saturated heterocycles. The summed E-state index contributed by atoms with van der Waals surface area (Å²) in [6, 6.07) is 8.59. The molecule has 2 atom stereocenters. The molecule has 2 amide bonds. The van der Waals surface area contributed by atoms with Crippen LogP contribution in [0.25, 0.3) is 10.9 Å². The van der Waals surface area contributed by atoms with Crippen LogP contribution in [0.3, 0.4) is 0 Å². The lowest BCUT2D eigenvalue weighted by Crippen LogP contribution is -2.44. The molecular weight excluding hydrogens is 360 g/mol. The van der Waals surface area contributed by atoms with Gasteiger partial charge in [-0.2, -0.15) is 5.10 Å². The number of benzene rings is 1. The molecule has 9 nitrogen and oxygen atoms in total. The molecule has 1 fully saturated rings. The molecule has 1 aliphatic rings. The summed E-state index contributed by atoms with van der Waals surface area (Å²) >= 11 is 0. The largest absolute Gasteiger partial charge is 0.383 e. The van der Waals surface area contributed by atoms with E-state index in [-0.39, 0.29) is 24.4 Å². The number of H-pyrrole nitrogens is 1. The number of para-hydroxylation sites is 1. The molecular formula is C19H20N6O3. The zero-order chi connectivity index (χ0) is 19.5. The molecule has 0 bridgehead atoms. The Kier molecular flexibility index (Phi) is 4.98. The van der Waals surface area contributed by atoms with Crippen LogP contribution in [0.5, 0.6) is 0 Å². The van der Waals surface area contributed by atoms with Crippen LogP contribution in [0, 0.1) is 0 Å². The van der Waals surface area contributed by atoms with E-state index < -0.39 is 6.10 Å². The zero-order valence-corrected chi connectivity index (χ0v) is 15.1. The Balaban J connectivity index is 1.43. The van der Waals surface area contributed by atoms with Gasteiger partial charge in [-0.05, 0) is 25.0 Å². The highest BCUT2D eigenvalue weighted by Gasteiger charge is 2.35. The van der Waals surface area contributed by atoms with Crippen molar-refractivity contribution in [1.29, 1.82) is 0 Å². The molecule has 0 saturated carbocycles. The highest BCUT2D eigenvalue weighted by Crippen LogP contribution is 2.27. The lowest BCUT2D eigenvalue weighted by atomic mass is 10.1. The summed E-state index contributed by atoms with van der Waals surface area (Å²) in [6.45, 7) is 0.387. The first-order valence-electron chi connectivity index (χ1n) is 9.10. The fourth-order valence-electron chi connectivity index (χ4n) is 3.62. The number of likely N-dealkylation sites (tertiary alicyclic amines) is 1. The molecule has 4 rings (SSSR count). The number of aliphatic hydroxyl groups excluding tert-OH is 1. The molecule has 9 heteroatoms. The van der Waals surface area contributed by atoms with Gasteiger partial charge in [-0.15, -0.1) is 0 Å². The van der Waals surface area contributed by atoms with Gasteiger partial charge in [-0.25, -0.2) is 4.98 Å². The van der Waals surface area contributed by atoms with Crippen LogP contribution in [-0.4, -0.2) is 61.1 Å². The molecule has 0 aliphatic carbocycles. The summed E-state index contributed by atoms with van der Waals surface area (Å²) < 4.78 is 0. The van der Waals surface area contributed by atoms with Crippen LogP contribution in [0.4, 0.5) is 0 Å². The number of hydrogen-bond donors (Lipinski definition) is 3. The van der Waals surface area contributed by atoms with Crippen LogP contribution >= 0.6 is 0 Å². The predicted molar refractivity (Wildman–Crippen MR) is 100 cm³/mol. The Labute approximate surface area is 160 Å². The van der Waals surface area contributed by atoms with Gasteiger partial charge >= 0.3 is 0 Å². The first-order valence-corrected chi connectivity index (χ1v) is 9.10. The van der Waals surface area contributed by atoms with Crippen molar-refractivity contribution in [2.45, 2.75) is 25.0 Å². The predicted octanol–water partition coefficient (Wildman–Crippen LogP) is 0.807. The fourth-order valence-corrected chi connectivity index (χ4v) is 3.62. The van der Waals surface area contributed by atoms with Crippen molar-refractivity contribution in [2.24, 2.45) is 0 Å². The van der Waals surface area contributed by atoms with Crippen LogP contribution in [0.2, 0.25) is 0 Å². The Bertz CT molecular complexity index is 985. The monoisotopic (exact) mass is 380 g/mol. The Hall–Kier alpha value is -3.33. The number of aromatic nitrogens is 4. The van der Waals surface area contributed by atoms with Gasteiger partial charge in [0, 0.05) is 18.1 Å². The Morgan fingerprint density at radius 1 is 1.29 bits per heavy atom. The number of carbonyl (C=O) groups excluding carboxylic acids is 2. The second-order valence-electron chi connectivity index (χ2n) is 6.67. The van der Waals surface area contributed by atoms with Gasteiger partial charge in [-0.1, -0.05) is 18.2 Å². The summed E-state index contributed by atoms with van der Waals surface area (Å²) in [4.78, 5) is 35.1. The molecule has 1 unspecified atom stereocenters.